The Labute approximate surface area is 127 Å². The zero-order valence-corrected chi connectivity index (χ0v) is 13.2. The lowest BCUT2D eigenvalue weighted by molar-refractivity contribution is 0.0290. The van der Waals surface area contributed by atoms with Crippen LogP contribution in [-0.2, 0) is 4.74 Å². The van der Waals surface area contributed by atoms with Gasteiger partial charge in [-0.05, 0) is 26.0 Å². The third-order valence-electron chi connectivity index (χ3n) is 4.27. The summed E-state index contributed by atoms with van der Waals surface area (Å²) in [4.78, 5) is 2.35. The minimum Gasteiger partial charge on any atom is -0.493 e. The summed E-state index contributed by atoms with van der Waals surface area (Å²) in [5.41, 5.74) is 7.14. The van der Waals surface area contributed by atoms with Crippen molar-refractivity contribution in [2.24, 2.45) is 5.73 Å². The zero-order valence-electron chi connectivity index (χ0n) is 13.2. The summed E-state index contributed by atoms with van der Waals surface area (Å²) >= 11 is 0. The molecule has 2 N–H and O–H groups in total. The van der Waals surface area contributed by atoms with Crippen LogP contribution >= 0.6 is 0 Å². The van der Waals surface area contributed by atoms with Gasteiger partial charge in [-0.3, -0.25) is 4.90 Å². The standard InChI is InChI=1S/C16H26N2O3/c1-18(12-7-9-21-10-8-12)14(11-17)13-5-4-6-15(19-2)16(13)20-3/h4-6,12,14H,7-11,17H2,1-3H3. The van der Waals surface area contributed by atoms with Gasteiger partial charge in [0.2, 0.25) is 0 Å². The summed E-state index contributed by atoms with van der Waals surface area (Å²) < 4.78 is 16.4. The van der Waals surface area contributed by atoms with E-state index in [0.717, 1.165) is 43.1 Å². The fourth-order valence-electron chi connectivity index (χ4n) is 3.03. The van der Waals surface area contributed by atoms with Crippen molar-refractivity contribution in [3.05, 3.63) is 23.8 Å². The SMILES string of the molecule is COc1cccc(C(CN)N(C)C2CCOCC2)c1OC. The minimum absolute atomic E-state index is 0.109. The number of benzene rings is 1. The van der Waals surface area contributed by atoms with Gasteiger partial charge in [-0.25, -0.2) is 0 Å². The maximum Gasteiger partial charge on any atom is 0.165 e. The number of ether oxygens (including phenoxy) is 3. The lowest BCUT2D eigenvalue weighted by Gasteiger charge is -2.37. The maximum absolute atomic E-state index is 6.06. The van der Waals surface area contributed by atoms with Gasteiger partial charge in [0.1, 0.15) is 0 Å². The van der Waals surface area contributed by atoms with E-state index in [1.165, 1.54) is 0 Å². The molecule has 1 atom stereocenters. The predicted octanol–water partition coefficient (Wildman–Crippen LogP) is 1.81. The Morgan fingerprint density at radius 1 is 1.29 bits per heavy atom. The first-order chi connectivity index (χ1) is 10.2. The first-order valence-electron chi connectivity index (χ1n) is 7.43. The number of hydrogen-bond donors (Lipinski definition) is 1. The molecule has 2 rings (SSSR count). The number of methoxy groups -OCH3 is 2. The number of nitrogens with zero attached hydrogens (tertiary/aromatic N) is 1. The lowest BCUT2D eigenvalue weighted by atomic mass is 9.99. The van der Waals surface area contributed by atoms with Gasteiger partial charge in [-0.1, -0.05) is 12.1 Å². The van der Waals surface area contributed by atoms with E-state index in [4.69, 9.17) is 19.9 Å². The molecule has 0 aliphatic carbocycles. The number of likely N-dealkylation sites (N-methyl/N-ethyl adjacent to an activating group) is 1. The molecular formula is C16H26N2O3. The Bertz CT molecular complexity index is 447. The average Bonchev–Trinajstić information content (AvgIpc) is 2.55. The molecule has 0 amide bonds. The second-order valence-corrected chi connectivity index (χ2v) is 5.34. The first-order valence-corrected chi connectivity index (χ1v) is 7.43. The molecule has 1 aliphatic rings. The fourth-order valence-corrected chi connectivity index (χ4v) is 3.03. The molecule has 1 saturated heterocycles. The molecule has 1 aromatic rings. The molecule has 118 valence electrons. The highest BCUT2D eigenvalue weighted by Gasteiger charge is 2.27. The molecule has 0 spiro atoms. The number of nitrogens with two attached hydrogens (primary N) is 1. The zero-order chi connectivity index (χ0) is 15.2. The Balaban J connectivity index is 2.27. The van der Waals surface area contributed by atoms with Gasteiger partial charge in [0, 0.05) is 31.4 Å². The van der Waals surface area contributed by atoms with E-state index in [-0.39, 0.29) is 6.04 Å². The largest absolute Gasteiger partial charge is 0.493 e. The van der Waals surface area contributed by atoms with Crippen molar-refractivity contribution in [3.8, 4) is 11.5 Å². The van der Waals surface area contributed by atoms with Crippen molar-refractivity contribution in [3.63, 3.8) is 0 Å². The Morgan fingerprint density at radius 2 is 2.00 bits per heavy atom. The second kappa shape index (κ2) is 7.64. The minimum atomic E-state index is 0.109. The quantitative estimate of drug-likeness (QED) is 0.867. The highest BCUT2D eigenvalue weighted by atomic mass is 16.5. The average molecular weight is 294 g/mol. The molecule has 0 radical (unpaired) electrons. The van der Waals surface area contributed by atoms with Gasteiger partial charge in [0.15, 0.2) is 11.5 Å². The van der Waals surface area contributed by atoms with Crippen LogP contribution < -0.4 is 15.2 Å². The van der Waals surface area contributed by atoms with Crippen molar-refractivity contribution < 1.29 is 14.2 Å². The molecule has 5 heteroatoms. The summed E-state index contributed by atoms with van der Waals surface area (Å²) in [6, 6.07) is 6.55. The second-order valence-electron chi connectivity index (χ2n) is 5.34. The van der Waals surface area contributed by atoms with Crippen molar-refractivity contribution in [2.45, 2.75) is 24.9 Å². The molecule has 1 fully saturated rings. The molecule has 1 aliphatic heterocycles. The molecule has 1 aromatic carbocycles. The molecule has 5 nitrogen and oxygen atoms in total. The van der Waals surface area contributed by atoms with Crippen LogP contribution in [0.3, 0.4) is 0 Å². The van der Waals surface area contributed by atoms with E-state index >= 15 is 0 Å². The Morgan fingerprint density at radius 3 is 2.57 bits per heavy atom. The molecule has 0 aromatic heterocycles. The predicted molar refractivity (Wildman–Crippen MR) is 82.9 cm³/mol. The maximum atomic E-state index is 6.06. The summed E-state index contributed by atoms with van der Waals surface area (Å²) in [5.74, 6) is 1.52. The van der Waals surface area contributed by atoms with E-state index in [2.05, 4.69) is 18.0 Å². The van der Waals surface area contributed by atoms with Gasteiger partial charge < -0.3 is 19.9 Å². The summed E-state index contributed by atoms with van der Waals surface area (Å²) in [6.45, 7) is 2.18. The van der Waals surface area contributed by atoms with Gasteiger partial charge in [0.25, 0.3) is 0 Å². The first kappa shape index (κ1) is 16.1. The van der Waals surface area contributed by atoms with E-state index in [9.17, 15) is 0 Å². The molecule has 1 heterocycles. The number of para-hydroxylation sites is 1. The van der Waals surface area contributed by atoms with Crippen LogP contribution in [0.25, 0.3) is 0 Å². The number of hydrogen-bond acceptors (Lipinski definition) is 5. The fraction of sp³-hybridized carbons (Fsp3) is 0.625. The van der Waals surface area contributed by atoms with Crippen molar-refractivity contribution in [1.29, 1.82) is 0 Å². The molecule has 1 unspecified atom stereocenters. The topological polar surface area (TPSA) is 57.0 Å². The van der Waals surface area contributed by atoms with Crippen LogP contribution in [0, 0.1) is 0 Å². The highest BCUT2D eigenvalue weighted by Crippen LogP contribution is 2.37. The smallest absolute Gasteiger partial charge is 0.165 e. The monoisotopic (exact) mass is 294 g/mol. The highest BCUT2D eigenvalue weighted by molar-refractivity contribution is 5.48. The van der Waals surface area contributed by atoms with Crippen LogP contribution in [0.2, 0.25) is 0 Å². The van der Waals surface area contributed by atoms with Crippen LogP contribution in [-0.4, -0.2) is 52.0 Å². The van der Waals surface area contributed by atoms with Gasteiger partial charge in [-0.2, -0.15) is 0 Å². The van der Waals surface area contributed by atoms with E-state index in [0.29, 0.717) is 12.6 Å². The summed E-state index contributed by atoms with van der Waals surface area (Å²) in [7, 11) is 5.46. The lowest BCUT2D eigenvalue weighted by Crippen LogP contribution is -2.41. The van der Waals surface area contributed by atoms with Crippen LogP contribution in [0.15, 0.2) is 18.2 Å². The van der Waals surface area contributed by atoms with Gasteiger partial charge >= 0.3 is 0 Å². The van der Waals surface area contributed by atoms with Crippen LogP contribution in [0.5, 0.6) is 11.5 Å². The van der Waals surface area contributed by atoms with E-state index < -0.39 is 0 Å². The van der Waals surface area contributed by atoms with Crippen LogP contribution in [0.1, 0.15) is 24.4 Å². The molecule has 0 saturated carbocycles. The molecular weight excluding hydrogens is 268 g/mol. The van der Waals surface area contributed by atoms with Crippen molar-refractivity contribution >= 4 is 0 Å². The third kappa shape index (κ3) is 3.48. The van der Waals surface area contributed by atoms with Crippen molar-refractivity contribution in [2.75, 3.05) is 41.0 Å². The molecule has 21 heavy (non-hydrogen) atoms. The summed E-state index contributed by atoms with van der Waals surface area (Å²) in [6.07, 6.45) is 2.08. The Hall–Kier alpha value is -1.30. The van der Waals surface area contributed by atoms with Crippen molar-refractivity contribution in [1.82, 2.24) is 4.90 Å². The van der Waals surface area contributed by atoms with Gasteiger partial charge in [0.05, 0.1) is 20.3 Å². The molecule has 0 bridgehead atoms. The van der Waals surface area contributed by atoms with E-state index in [1.807, 2.05) is 12.1 Å². The normalized spacial score (nSPS) is 17.8. The Kier molecular flexibility index (Phi) is 5.85. The van der Waals surface area contributed by atoms with E-state index in [1.54, 1.807) is 14.2 Å². The third-order valence-corrected chi connectivity index (χ3v) is 4.27. The van der Waals surface area contributed by atoms with Crippen LogP contribution in [0.4, 0.5) is 0 Å². The van der Waals surface area contributed by atoms with Gasteiger partial charge in [-0.15, -0.1) is 0 Å². The number of rotatable bonds is 6. The summed E-state index contributed by atoms with van der Waals surface area (Å²) in [5, 5.41) is 0.